The molecule has 0 amide bonds. The largest absolute Gasteiger partial charge is 0.466 e. The Morgan fingerprint density at radius 3 is 1.31 bits per heavy atom. The van der Waals surface area contributed by atoms with E-state index in [0.717, 1.165) is 13.2 Å². The van der Waals surface area contributed by atoms with Crippen molar-refractivity contribution >= 4 is 11.9 Å². The van der Waals surface area contributed by atoms with E-state index < -0.39 is 11.9 Å². The van der Waals surface area contributed by atoms with E-state index in [0.29, 0.717) is 0 Å². The van der Waals surface area contributed by atoms with Gasteiger partial charge in [-0.1, -0.05) is 0 Å². The number of esters is 2. The van der Waals surface area contributed by atoms with Gasteiger partial charge in [-0.05, 0) is 27.7 Å². The van der Waals surface area contributed by atoms with Crippen LogP contribution < -0.4 is 0 Å². The Labute approximate surface area is 97.1 Å². The molecule has 0 aliphatic heterocycles. The van der Waals surface area contributed by atoms with Crippen molar-refractivity contribution in [3.05, 3.63) is 0 Å². The highest BCUT2D eigenvalue weighted by molar-refractivity contribution is 5.91. The molecule has 0 heterocycles. The number of hydrogen-bond donors (Lipinski definition) is 0. The van der Waals surface area contributed by atoms with E-state index in [1.165, 1.54) is 0 Å². The minimum absolute atomic E-state index is 0.290. The fourth-order valence-electron chi connectivity index (χ4n) is 0.746. The van der Waals surface area contributed by atoms with Crippen molar-refractivity contribution in [2.24, 2.45) is 0 Å². The van der Waals surface area contributed by atoms with Crippen molar-refractivity contribution in [2.75, 3.05) is 26.4 Å². The minimum atomic E-state index is -0.536. The smallest absolute Gasteiger partial charge is 0.317 e. The van der Waals surface area contributed by atoms with Gasteiger partial charge in [-0.2, -0.15) is 0 Å². The van der Waals surface area contributed by atoms with Crippen LogP contribution in [0.3, 0.4) is 0 Å². The summed E-state index contributed by atoms with van der Waals surface area (Å²) in [5.41, 5.74) is 0. The van der Waals surface area contributed by atoms with Crippen molar-refractivity contribution in [3.8, 4) is 0 Å². The van der Waals surface area contributed by atoms with Gasteiger partial charge in [0.15, 0.2) is 0 Å². The monoisotopic (exact) mass is 234 g/mol. The van der Waals surface area contributed by atoms with E-state index >= 15 is 0 Å². The Morgan fingerprint density at radius 2 is 1.12 bits per heavy atom. The predicted octanol–water partition coefficient (Wildman–Crippen LogP) is 1.55. The van der Waals surface area contributed by atoms with E-state index in [4.69, 9.17) is 4.74 Å². The predicted molar refractivity (Wildman–Crippen MR) is 60.1 cm³/mol. The first-order valence-corrected chi connectivity index (χ1v) is 5.51. The molecule has 0 unspecified atom stereocenters. The molecule has 0 aliphatic carbocycles. The summed E-state index contributed by atoms with van der Waals surface area (Å²) >= 11 is 0. The third-order valence-corrected chi connectivity index (χ3v) is 1.31. The maximum atomic E-state index is 10.6. The van der Waals surface area contributed by atoms with Crippen LogP contribution in [-0.4, -0.2) is 38.4 Å². The summed E-state index contributed by atoms with van der Waals surface area (Å²) in [6.07, 6.45) is -0.290. The number of carbonyl (C=O) groups is 2. The van der Waals surface area contributed by atoms with Crippen LogP contribution in [0.15, 0.2) is 0 Å². The van der Waals surface area contributed by atoms with Gasteiger partial charge in [0, 0.05) is 13.2 Å². The lowest BCUT2D eigenvalue weighted by Gasteiger charge is -2.00. The Bertz CT molecular complexity index is 161. The van der Waals surface area contributed by atoms with Gasteiger partial charge in [0.05, 0.1) is 13.2 Å². The number of rotatable bonds is 6. The zero-order chi connectivity index (χ0) is 12.8. The highest BCUT2D eigenvalue weighted by Gasteiger charge is 2.09. The summed E-state index contributed by atoms with van der Waals surface area (Å²) < 4.78 is 13.9. The minimum Gasteiger partial charge on any atom is -0.466 e. The summed E-state index contributed by atoms with van der Waals surface area (Å²) in [5.74, 6) is -1.07. The summed E-state index contributed by atoms with van der Waals surface area (Å²) in [5, 5.41) is 0. The zero-order valence-corrected chi connectivity index (χ0v) is 10.6. The van der Waals surface area contributed by atoms with E-state index in [1.807, 2.05) is 13.8 Å². The van der Waals surface area contributed by atoms with Crippen LogP contribution in [-0.2, 0) is 23.8 Å². The molecule has 0 spiro atoms. The van der Waals surface area contributed by atoms with Gasteiger partial charge >= 0.3 is 11.9 Å². The lowest BCUT2D eigenvalue weighted by Crippen LogP contribution is -2.13. The third-order valence-electron chi connectivity index (χ3n) is 1.31. The molecule has 0 atom stereocenters. The van der Waals surface area contributed by atoms with Gasteiger partial charge in [0.25, 0.3) is 0 Å². The maximum absolute atomic E-state index is 10.6. The van der Waals surface area contributed by atoms with E-state index in [1.54, 1.807) is 13.8 Å². The fraction of sp³-hybridized carbons (Fsp3) is 0.818. The first-order chi connectivity index (χ1) is 7.62. The Hall–Kier alpha value is -1.10. The molecule has 0 bridgehead atoms. The Kier molecular flexibility index (Phi) is 15.0. The standard InChI is InChI=1S/C7H12O4.C4H10O/c1-3-10-6(8)5-7(9)11-4-2;1-3-5-4-2/h3-5H2,1-2H3;3-4H2,1-2H3. The lowest BCUT2D eigenvalue weighted by molar-refractivity contribution is -0.153. The van der Waals surface area contributed by atoms with Crippen molar-refractivity contribution in [1.29, 1.82) is 0 Å². The van der Waals surface area contributed by atoms with Crippen LogP contribution in [0.1, 0.15) is 34.1 Å². The first-order valence-electron chi connectivity index (χ1n) is 5.51. The van der Waals surface area contributed by atoms with Crippen molar-refractivity contribution in [2.45, 2.75) is 34.1 Å². The zero-order valence-electron chi connectivity index (χ0n) is 10.6. The van der Waals surface area contributed by atoms with Crippen LogP contribution >= 0.6 is 0 Å². The van der Waals surface area contributed by atoms with Gasteiger partial charge < -0.3 is 14.2 Å². The number of ether oxygens (including phenoxy) is 3. The van der Waals surface area contributed by atoms with E-state index in [9.17, 15) is 9.59 Å². The molecule has 5 heteroatoms. The summed E-state index contributed by atoms with van der Waals surface area (Å²) in [7, 11) is 0. The average molecular weight is 234 g/mol. The number of carbonyl (C=O) groups excluding carboxylic acids is 2. The SMILES string of the molecule is CCOC(=O)CC(=O)OCC.CCOCC. The number of hydrogen-bond acceptors (Lipinski definition) is 5. The average Bonchev–Trinajstić information content (AvgIpc) is 2.20. The quantitative estimate of drug-likeness (QED) is 0.515. The molecule has 16 heavy (non-hydrogen) atoms. The Balaban J connectivity index is 0. The second-order valence-corrected chi connectivity index (χ2v) is 2.57. The third kappa shape index (κ3) is 15.4. The Morgan fingerprint density at radius 1 is 0.750 bits per heavy atom. The molecule has 0 radical (unpaired) electrons. The highest BCUT2D eigenvalue weighted by Crippen LogP contribution is 1.89. The first kappa shape index (κ1) is 17.3. The van der Waals surface area contributed by atoms with Gasteiger partial charge in [-0.3, -0.25) is 9.59 Å². The van der Waals surface area contributed by atoms with Crippen LogP contribution in [0, 0.1) is 0 Å². The maximum Gasteiger partial charge on any atom is 0.317 e. The summed E-state index contributed by atoms with van der Waals surface area (Å²) in [4.78, 5) is 21.2. The molecule has 0 fully saturated rings. The molecule has 0 aliphatic rings. The molecule has 0 aromatic carbocycles. The molecule has 0 aromatic heterocycles. The molecule has 0 saturated carbocycles. The molecule has 0 N–H and O–H groups in total. The van der Waals surface area contributed by atoms with Gasteiger partial charge in [-0.25, -0.2) is 0 Å². The molecule has 0 rings (SSSR count). The summed E-state index contributed by atoms with van der Waals surface area (Å²) in [6.45, 7) is 9.61. The van der Waals surface area contributed by atoms with E-state index in [-0.39, 0.29) is 19.6 Å². The topological polar surface area (TPSA) is 61.8 Å². The van der Waals surface area contributed by atoms with E-state index in [2.05, 4.69) is 9.47 Å². The normalized spacial score (nSPS) is 8.75. The molecule has 96 valence electrons. The van der Waals surface area contributed by atoms with Crippen LogP contribution in [0.4, 0.5) is 0 Å². The molecule has 0 saturated heterocycles. The van der Waals surface area contributed by atoms with Crippen LogP contribution in [0.2, 0.25) is 0 Å². The van der Waals surface area contributed by atoms with Gasteiger partial charge in [-0.15, -0.1) is 0 Å². The van der Waals surface area contributed by atoms with Crippen molar-refractivity contribution in [1.82, 2.24) is 0 Å². The molecular formula is C11H22O5. The molecule has 0 aromatic rings. The van der Waals surface area contributed by atoms with Crippen molar-refractivity contribution < 1.29 is 23.8 Å². The second kappa shape index (κ2) is 13.9. The summed E-state index contributed by atoms with van der Waals surface area (Å²) in [6, 6.07) is 0. The van der Waals surface area contributed by atoms with Gasteiger partial charge in [0.2, 0.25) is 0 Å². The van der Waals surface area contributed by atoms with Crippen LogP contribution in [0.25, 0.3) is 0 Å². The fourth-order valence-corrected chi connectivity index (χ4v) is 0.746. The molecular weight excluding hydrogens is 212 g/mol. The van der Waals surface area contributed by atoms with Crippen LogP contribution in [0.5, 0.6) is 0 Å². The van der Waals surface area contributed by atoms with Crippen molar-refractivity contribution in [3.63, 3.8) is 0 Å². The highest BCUT2D eigenvalue weighted by atomic mass is 16.6. The second-order valence-electron chi connectivity index (χ2n) is 2.57. The van der Waals surface area contributed by atoms with Gasteiger partial charge in [0.1, 0.15) is 6.42 Å². The lowest BCUT2D eigenvalue weighted by atomic mass is 10.4. The molecule has 5 nitrogen and oxygen atoms in total.